The molecule has 0 aliphatic carbocycles. The second-order valence-electron chi connectivity index (χ2n) is 5.27. The summed E-state index contributed by atoms with van der Waals surface area (Å²) in [7, 11) is 0. The molecule has 17 heavy (non-hydrogen) atoms. The summed E-state index contributed by atoms with van der Waals surface area (Å²) in [4.78, 5) is 23.8. The predicted octanol–water partition coefficient (Wildman–Crippen LogP) is 0.689. The number of aliphatic hydroxyl groups is 1. The summed E-state index contributed by atoms with van der Waals surface area (Å²) >= 11 is 0. The maximum atomic E-state index is 11.8. The third-order valence-corrected chi connectivity index (χ3v) is 2.57. The smallest absolute Gasteiger partial charge is 0.408 e. The van der Waals surface area contributed by atoms with E-state index in [1.54, 1.807) is 20.8 Å². The van der Waals surface area contributed by atoms with Gasteiger partial charge in [0.15, 0.2) is 0 Å². The fourth-order valence-corrected chi connectivity index (χ4v) is 1.86. The van der Waals surface area contributed by atoms with Crippen molar-refractivity contribution in [3.8, 4) is 0 Å². The Kier molecular flexibility index (Phi) is 3.98. The monoisotopic (exact) mass is 245 g/mol. The zero-order valence-electron chi connectivity index (χ0n) is 10.3. The van der Waals surface area contributed by atoms with Crippen molar-refractivity contribution in [2.75, 3.05) is 13.2 Å². The number of carbonyl (C=O) groups is 2. The number of nitrogens with zero attached hydrogens (tertiary/aromatic N) is 1. The summed E-state index contributed by atoms with van der Waals surface area (Å²) in [6, 6.07) is -0.802. The third kappa shape index (κ3) is 3.59. The van der Waals surface area contributed by atoms with Crippen LogP contribution in [0, 0.1) is 5.92 Å². The molecule has 6 nitrogen and oxygen atoms in total. The van der Waals surface area contributed by atoms with Crippen molar-refractivity contribution in [2.24, 2.45) is 5.92 Å². The molecule has 1 saturated heterocycles. The number of likely N-dealkylation sites (tertiary alicyclic amines) is 1. The van der Waals surface area contributed by atoms with E-state index in [0.717, 1.165) is 4.90 Å². The average Bonchev–Trinajstić information content (AvgIpc) is 2.58. The Labute approximate surface area is 100 Å². The van der Waals surface area contributed by atoms with Gasteiger partial charge in [-0.1, -0.05) is 0 Å². The van der Waals surface area contributed by atoms with Crippen molar-refractivity contribution >= 4 is 12.1 Å². The van der Waals surface area contributed by atoms with Crippen LogP contribution < -0.4 is 0 Å². The van der Waals surface area contributed by atoms with Gasteiger partial charge in [-0.3, -0.25) is 4.90 Å². The van der Waals surface area contributed by atoms with E-state index >= 15 is 0 Å². The van der Waals surface area contributed by atoms with Crippen molar-refractivity contribution in [1.29, 1.82) is 0 Å². The van der Waals surface area contributed by atoms with Crippen LogP contribution in [0.25, 0.3) is 0 Å². The van der Waals surface area contributed by atoms with E-state index in [9.17, 15) is 9.59 Å². The number of rotatable bonds is 2. The van der Waals surface area contributed by atoms with Crippen LogP contribution >= 0.6 is 0 Å². The number of hydrogen-bond donors (Lipinski definition) is 2. The van der Waals surface area contributed by atoms with Gasteiger partial charge in [0, 0.05) is 19.1 Å². The number of carboxylic acid groups (broad SMARTS) is 1. The minimum Gasteiger partial charge on any atom is -0.465 e. The minimum absolute atomic E-state index is 0.122. The first-order chi connectivity index (χ1) is 7.74. The average molecular weight is 245 g/mol. The molecule has 1 rings (SSSR count). The number of aliphatic hydroxyl groups excluding tert-OH is 1. The Hall–Kier alpha value is -1.30. The Balaban J connectivity index is 2.73. The number of ether oxygens (including phenoxy) is 1. The second kappa shape index (κ2) is 4.91. The van der Waals surface area contributed by atoms with Crippen molar-refractivity contribution < 1.29 is 24.5 Å². The van der Waals surface area contributed by atoms with Gasteiger partial charge >= 0.3 is 12.1 Å². The van der Waals surface area contributed by atoms with Crippen LogP contribution in [0.4, 0.5) is 4.79 Å². The molecular weight excluding hydrogens is 226 g/mol. The highest BCUT2D eigenvalue weighted by molar-refractivity contribution is 5.81. The molecule has 6 heteroatoms. The maximum absolute atomic E-state index is 11.8. The summed E-state index contributed by atoms with van der Waals surface area (Å²) in [6.45, 7) is 5.25. The van der Waals surface area contributed by atoms with Gasteiger partial charge in [-0.15, -0.1) is 0 Å². The normalized spacial score (nSPS) is 24.8. The highest BCUT2D eigenvalue weighted by Crippen LogP contribution is 2.25. The molecule has 0 aromatic carbocycles. The molecule has 1 heterocycles. The first-order valence-corrected chi connectivity index (χ1v) is 5.58. The number of esters is 1. The minimum atomic E-state index is -1.16. The maximum Gasteiger partial charge on any atom is 0.408 e. The predicted molar refractivity (Wildman–Crippen MR) is 59.6 cm³/mol. The number of hydrogen-bond acceptors (Lipinski definition) is 4. The lowest BCUT2D eigenvalue weighted by molar-refractivity contribution is -0.159. The molecule has 0 bridgehead atoms. The van der Waals surface area contributed by atoms with Crippen molar-refractivity contribution in [2.45, 2.75) is 38.8 Å². The molecule has 98 valence electrons. The van der Waals surface area contributed by atoms with Crippen LogP contribution in [0.5, 0.6) is 0 Å². The van der Waals surface area contributed by atoms with E-state index in [1.807, 2.05) is 0 Å². The molecule has 0 saturated carbocycles. The van der Waals surface area contributed by atoms with E-state index in [0.29, 0.717) is 6.42 Å². The van der Waals surface area contributed by atoms with Crippen LogP contribution in [0.1, 0.15) is 27.2 Å². The largest absolute Gasteiger partial charge is 0.465 e. The number of carbonyl (C=O) groups excluding carboxylic acids is 1. The zero-order valence-corrected chi connectivity index (χ0v) is 10.3. The molecule has 0 aromatic heterocycles. The van der Waals surface area contributed by atoms with Gasteiger partial charge in [0.05, 0.1) is 0 Å². The summed E-state index contributed by atoms with van der Waals surface area (Å²) in [5, 5.41) is 18.0. The van der Waals surface area contributed by atoms with E-state index in [4.69, 9.17) is 14.9 Å². The lowest BCUT2D eigenvalue weighted by atomic mass is 10.1. The standard InChI is InChI=1S/C11H19NO5/c1-11(2,3)17-9(14)8-4-7(6-13)5-12(8)10(15)16/h7-8,13H,4-6H2,1-3H3,(H,15,16)/t7-,8-/m0/s1. The quantitative estimate of drug-likeness (QED) is 0.699. The molecule has 0 spiro atoms. The van der Waals surface area contributed by atoms with Crippen molar-refractivity contribution in [3.63, 3.8) is 0 Å². The van der Waals surface area contributed by atoms with Gasteiger partial charge in [-0.2, -0.15) is 0 Å². The molecule has 0 radical (unpaired) electrons. The van der Waals surface area contributed by atoms with E-state index < -0.39 is 23.7 Å². The molecule has 1 fully saturated rings. The van der Waals surface area contributed by atoms with Gasteiger partial charge in [-0.25, -0.2) is 9.59 Å². The molecule has 0 unspecified atom stereocenters. The van der Waals surface area contributed by atoms with Crippen LogP contribution in [0.15, 0.2) is 0 Å². The van der Waals surface area contributed by atoms with Gasteiger partial charge in [0.2, 0.25) is 0 Å². The molecule has 0 aromatic rings. The van der Waals surface area contributed by atoms with Crippen molar-refractivity contribution in [1.82, 2.24) is 4.90 Å². The van der Waals surface area contributed by atoms with Gasteiger partial charge in [0.1, 0.15) is 11.6 Å². The molecule has 1 aliphatic heterocycles. The Morgan fingerprint density at radius 2 is 2.00 bits per heavy atom. The van der Waals surface area contributed by atoms with Crippen molar-refractivity contribution in [3.05, 3.63) is 0 Å². The Bertz CT molecular complexity index is 309. The molecule has 2 atom stereocenters. The molecule has 1 amide bonds. The summed E-state index contributed by atoms with van der Waals surface area (Å²) in [5.41, 5.74) is -0.640. The highest BCUT2D eigenvalue weighted by Gasteiger charge is 2.41. The lowest BCUT2D eigenvalue weighted by Gasteiger charge is -2.25. The topological polar surface area (TPSA) is 87.1 Å². The van der Waals surface area contributed by atoms with E-state index in [-0.39, 0.29) is 19.1 Å². The first-order valence-electron chi connectivity index (χ1n) is 5.58. The Morgan fingerprint density at radius 3 is 2.41 bits per heavy atom. The summed E-state index contributed by atoms with van der Waals surface area (Å²) in [5.74, 6) is -0.737. The third-order valence-electron chi connectivity index (χ3n) is 2.57. The Morgan fingerprint density at radius 1 is 1.41 bits per heavy atom. The van der Waals surface area contributed by atoms with E-state index in [1.165, 1.54) is 0 Å². The highest BCUT2D eigenvalue weighted by atomic mass is 16.6. The second-order valence-corrected chi connectivity index (χ2v) is 5.27. The van der Waals surface area contributed by atoms with Crippen LogP contribution in [0.3, 0.4) is 0 Å². The first kappa shape index (κ1) is 13.8. The molecule has 1 aliphatic rings. The number of amides is 1. The zero-order chi connectivity index (χ0) is 13.2. The van der Waals surface area contributed by atoms with E-state index in [2.05, 4.69) is 0 Å². The lowest BCUT2D eigenvalue weighted by Crippen LogP contribution is -2.42. The fraction of sp³-hybridized carbons (Fsp3) is 0.818. The van der Waals surface area contributed by atoms with Gasteiger partial charge < -0.3 is 14.9 Å². The molecular formula is C11H19NO5. The summed E-state index contributed by atoms with van der Waals surface area (Å²) < 4.78 is 5.17. The van der Waals surface area contributed by atoms with Crippen LogP contribution in [0.2, 0.25) is 0 Å². The van der Waals surface area contributed by atoms with Crippen LogP contribution in [-0.4, -0.2) is 52.0 Å². The summed E-state index contributed by atoms with van der Waals surface area (Å²) in [6.07, 6.45) is -0.839. The fourth-order valence-electron chi connectivity index (χ4n) is 1.86. The van der Waals surface area contributed by atoms with Gasteiger partial charge in [0.25, 0.3) is 0 Å². The SMILES string of the molecule is CC(C)(C)OC(=O)[C@@H]1C[C@H](CO)CN1C(=O)O. The molecule has 2 N–H and O–H groups in total. The van der Waals surface area contributed by atoms with Crippen LogP contribution in [-0.2, 0) is 9.53 Å². The van der Waals surface area contributed by atoms with Gasteiger partial charge in [-0.05, 0) is 27.2 Å².